The molecule has 4 heterocycles. The highest BCUT2D eigenvalue weighted by molar-refractivity contribution is 6.01. The van der Waals surface area contributed by atoms with Gasteiger partial charge in [-0.3, -0.25) is 9.59 Å². The Bertz CT molecular complexity index is 2470. The van der Waals surface area contributed by atoms with Gasteiger partial charge >= 0.3 is 5.97 Å². The van der Waals surface area contributed by atoms with E-state index in [0.29, 0.717) is 46.1 Å². The van der Waals surface area contributed by atoms with Gasteiger partial charge in [-0.05, 0) is 92.0 Å². The van der Waals surface area contributed by atoms with Crippen LogP contribution in [-0.4, -0.2) is 68.2 Å². The van der Waals surface area contributed by atoms with E-state index in [2.05, 4.69) is 38.4 Å². The quantitative estimate of drug-likeness (QED) is 0.192. The second kappa shape index (κ2) is 11.8. The van der Waals surface area contributed by atoms with Gasteiger partial charge in [0.15, 0.2) is 5.82 Å². The Morgan fingerprint density at radius 3 is 2.55 bits per heavy atom. The number of likely N-dealkylation sites (tertiary alicyclic amines) is 1. The van der Waals surface area contributed by atoms with Gasteiger partial charge in [0.25, 0.3) is 5.91 Å². The lowest BCUT2D eigenvalue weighted by Crippen LogP contribution is -2.41. The number of methoxy groups -OCH3 is 1. The summed E-state index contributed by atoms with van der Waals surface area (Å²) in [4.78, 5) is 49.7. The fraction of sp³-hybridized carbons (Fsp3) is 0.350. The highest BCUT2D eigenvalue weighted by atomic mass is 16.5. The standard InChI is InChI=1S/C40H40N6O5/c1-4-51-40(49)28-18-42-29-11-9-22(13-27(29)37(28)47)23-7-8-24-16-33(45(32(24)15-23)19-21-5-6-21)38-43-30-14-26(17-34(50-3)36(30)44(38)2)39(48)46-20-25-10-12-31(46)35(25)41/h7-9,11,13-18,21,25,31,35H,4-6,10,12,19-20,41H2,1-3H3,(H,42,47). The summed E-state index contributed by atoms with van der Waals surface area (Å²) in [5, 5.41) is 1.51. The number of pyridine rings is 1. The molecule has 11 nitrogen and oxygen atoms in total. The monoisotopic (exact) mass is 684 g/mol. The van der Waals surface area contributed by atoms with Crippen molar-refractivity contribution in [1.29, 1.82) is 0 Å². The lowest BCUT2D eigenvalue weighted by Gasteiger charge is -2.27. The van der Waals surface area contributed by atoms with Gasteiger partial charge in [0.1, 0.15) is 16.8 Å². The number of hydrogen-bond donors (Lipinski definition) is 2. The number of benzene rings is 3. The van der Waals surface area contributed by atoms with Crippen molar-refractivity contribution < 1.29 is 19.1 Å². The summed E-state index contributed by atoms with van der Waals surface area (Å²) in [6.45, 7) is 3.46. The maximum absolute atomic E-state index is 13.8. The molecule has 11 heteroatoms. The predicted molar refractivity (Wildman–Crippen MR) is 196 cm³/mol. The van der Waals surface area contributed by atoms with E-state index < -0.39 is 5.97 Å². The zero-order valence-electron chi connectivity index (χ0n) is 28.9. The number of hydrogen-bond acceptors (Lipinski definition) is 7. The number of esters is 1. The minimum atomic E-state index is -0.636. The molecule has 3 fully saturated rings. The van der Waals surface area contributed by atoms with E-state index >= 15 is 0 Å². The van der Waals surface area contributed by atoms with Crippen molar-refractivity contribution in [2.75, 3.05) is 20.3 Å². The van der Waals surface area contributed by atoms with Gasteiger partial charge in [0.05, 0.1) is 24.9 Å². The lowest BCUT2D eigenvalue weighted by molar-refractivity contribution is 0.0524. The van der Waals surface area contributed by atoms with Crippen LogP contribution in [0.1, 0.15) is 53.3 Å². The highest BCUT2D eigenvalue weighted by Crippen LogP contribution is 2.41. The summed E-state index contributed by atoms with van der Waals surface area (Å²) in [5.74, 6) is 1.69. The highest BCUT2D eigenvalue weighted by Gasteiger charge is 2.47. The average molecular weight is 685 g/mol. The van der Waals surface area contributed by atoms with Crippen molar-refractivity contribution >= 4 is 44.7 Å². The van der Waals surface area contributed by atoms with E-state index in [1.165, 1.54) is 19.0 Å². The van der Waals surface area contributed by atoms with E-state index in [1.807, 2.05) is 42.3 Å². The smallest absolute Gasteiger partial charge is 0.343 e. The van der Waals surface area contributed by atoms with Crippen LogP contribution >= 0.6 is 0 Å². The molecule has 51 heavy (non-hydrogen) atoms. The van der Waals surface area contributed by atoms with Crippen molar-refractivity contribution in [2.45, 2.75) is 51.2 Å². The van der Waals surface area contributed by atoms with Crippen molar-refractivity contribution in [3.63, 3.8) is 0 Å². The van der Waals surface area contributed by atoms with Gasteiger partial charge in [0, 0.05) is 65.8 Å². The third-order valence-corrected chi connectivity index (χ3v) is 11.3. The van der Waals surface area contributed by atoms with E-state index in [0.717, 1.165) is 58.5 Å². The summed E-state index contributed by atoms with van der Waals surface area (Å²) in [7, 11) is 3.63. The van der Waals surface area contributed by atoms with Crippen LogP contribution in [0.5, 0.6) is 5.75 Å². The Morgan fingerprint density at radius 2 is 1.82 bits per heavy atom. The summed E-state index contributed by atoms with van der Waals surface area (Å²) in [6, 6.07) is 18.1. The number of H-pyrrole nitrogens is 1. The molecule has 3 N–H and O–H groups in total. The number of piperidine rings is 1. The number of carbonyl (C=O) groups is 2. The molecule has 9 rings (SSSR count). The molecule has 1 amide bonds. The predicted octanol–water partition coefficient (Wildman–Crippen LogP) is 5.86. The number of imidazole rings is 1. The molecule has 3 aromatic carbocycles. The van der Waals surface area contributed by atoms with Crippen LogP contribution < -0.4 is 15.9 Å². The molecule has 0 radical (unpaired) electrons. The van der Waals surface area contributed by atoms with Crippen LogP contribution in [0.4, 0.5) is 0 Å². The summed E-state index contributed by atoms with van der Waals surface area (Å²) in [5.41, 5.74) is 12.7. The number of rotatable bonds is 8. The normalized spacial score (nSPS) is 19.8. The van der Waals surface area contributed by atoms with Gasteiger partial charge in [-0.1, -0.05) is 18.2 Å². The van der Waals surface area contributed by atoms with Crippen LogP contribution in [0.25, 0.3) is 55.5 Å². The molecule has 1 saturated heterocycles. The molecular formula is C40H40N6O5. The van der Waals surface area contributed by atoms with E-state index in [4.69, 9.17) is 20.2 Å². The first-order valence-corrected chi connectivity index (χ1v) is 17.8. The van der Waals surface area contributed by atoms with Crippen LogP contribution in [0, 0.1) is 11.8 Å². The first-order chi connectivity index (χ1) is 24.7. The molecule has 2 aliphatic carbocycles. The molecular weight excluding hydrogens is 644 g/mol. The van der Waals surface area contributed by atoms with Gasteiger partial charge in [0.2, 0.25) is 5.43 Å². The van der Waals surface area contributed by atoms with Crippen molar-refractivity contribution in [3.8, 4) is 28.4 Å². The SMILES string of the molecule is CCOC(=O)c1c[nH]c2ccc(-c3ccc4cc(-c5nc6cc(C(=O)N7CC8CCC7C8N)cc(OC)c6n5C)n(CC5CC5)c4c3)cc2c1=O. The van der Waals surface area contributed by atoms with Crippen LogP contribution in [-0.2, 0) is 18.3 Å². The fourth-order valence-corrected chi connectivity index (χ4v) is 8.40. The number of ether oxygens (including phenoxy) is 2. The molecule has 3 aliphatic rings. The third kappa shape index (κ3) is 5.04. The molecule has 2 bridgehead atoms. The molecule has 2 saturated carbocycles. The van der Waals surface area contributed by atoms with Gasteiger partial charge in [-0.15, -0.1) is 0 Å². The van der Waals surface area contributed by atoms with Crippen LogP contribution in [0.15, 0.2) is 65.6 Å². The zero-order chi connectivity index (χ0) is 35.1. The first-order valence-electron chi connectivity index (χ1n) is 17.8. The largest absolute Gasteiger partial charge is 0.494 e. The number of nitrogens with two attached hydrogens (primary N) is 1. The Kier molecular flexibility index (Phi) is 7.32. The summed E-state index contributed by atoms with van der Waals surface area (Å²) >= 11 is 0. The number of nitrogens with one attached hydrogen (secondary N) is 1. The van der Waals surface area contributed by atoms with Crippen molar-refractivity contribution in [3.05, 3.63) is 82.1 Å². The number of amides is 1. The topological polar surface area (TPSA) is 137 Å². The second-order valence-electron chi connectivity index (χ2n) is 14.3. The van der Waals surface area contributed by atoms with Gasteiger partial charge in [-0.2, -0.15) is 0 Å². The maximum Gasteiger partial charge on any atom is 0.343 e. The van der Waals surface area contributed by atoms with E-state index in [-0.39, 0.29) is 35.6 Å². The summed E-state index contributed by atoms with van der Waals surface area (Å²) in [6.07, 6.45) is 5.81. The summed E-state index contributed by atoms with van der Waals surface area (Å²) < 4.78 is 15.4. The van der Waals surface area contributed by atoms with Crippen LogP contribution in [0.3, 0.4) is 0 Å². The number of carbonyl (C=O) groups excluding carboxylic acids is 2. The number of aromatic nitrogens is 4. The number of aromatic amines is 1. The van der Waals surface area contributed by atoms with Crippen molar-refractivity contribution in [1.82, 2.24) is 24.0 Å². The number of aryl methyl sites for hydroxylation is 1. The minimum absolute atomic E-state index is 0.0114. The van der Waals surface area contributed by atoms with Gasteiger partial charge in [-0.25, -0.2) is 9.78 Å². The fourth-order valence-electron chi connectivity index (χ4n) is 8.40. The molecule has 6 aromatic rings. The molecule has 3 unspecified atom stereocenters. The van der Waals surface area contributed by atoms with Crippen LogP contribution in [0.2, 0.25) is 0 Å². The molecule has 260 valence electrons. The molecule has 3 aromatic heterocycles. The minimum Gasteiger partial charge on any atom is -0.494 e. The Labute approximate surface area is 294 Å². The Morgan fingerprint density at radius 1 is 1.02 bits per heavy atom. The maximum atomic E-state index is 13.8. The zero-order valence-corrected chi connectivity index (χ0v) is 28.9. The molecule has 3 atom stereocenters. The van der Waals surface area contributed by atoms with E-state index in [9.17, 15) is 14.4 Å². The van der Waals surface area contributed by atoms with E-state index in [1.54, 1.807) is 14.0 Å². The number of nitrogens with zero attached hydrogens (tertiary/aromatic N) is 4. The Hall–Kier alpha value is -5.42. The van der Waals surface area contributed by atoms with Gasteiger partial charge < -0.3 is 34.2 Å². The lowest BCUT2D eigenvalue weighted by atomic mass is 10.0. The van der Waals surface area contributed by atoms with Crippen molar-refractivity contribution in [2.24, 2.45) is 24.6 Å². The third-order valence-electron chi connectivity index (χ3n) is 11.3. The number of fused-ring (bicyclic) bond motifs is 5. The second-order valence-corrected chi connectivity index (χ2v) is 14.3. The first kappa shape index (κ1) is 31.6. The average Bonchev–Trinajstić information content (AvgIpc) is 3.54. The molecule has 0 spiro atoms. The molecule has 1 aliphatic heterocycles. The Balaban J connectivity index is 1.13.